The Balaban J connectivity index is 1.87. The van der Waals surface area contributed by atoms with Gasteiger partial charge in [0.25, 0.3) is 0 Å². The van der Waals surface area contributed by atoms with Gasteiger partial charge in [-0.1, -0.05) is 30.3 Å². The molecule has 0 bridgehead atoms. The second-order valence-corrected chi connectivity index (χ2v) is 8.79. The van der Waals surface area contributed by atoms with Crippen molar-refractivity contribution in [3.05, 3.63) is 72.1 Å². The number of ether oxygens (including phenoxy) is 1. The highest BCUT2D eigenvalue weighted by Crippen LogP contribution is 2.18. The number of methoxy groups -OCH3 is 1. The highest BCUT2D eigenvalue weighted by molar-refractivity contribution is 7.91. The SMILES string of the molecule is COCCS(=O)(=O)c1ncc(CN(C)Cc2cnccn2)n1Cc1ccccc1. The summed E-state index contributed by atoms with van der Waals surface area (Å²) in [6.45, 7) is 1.67. The minimum absolute atomic E-state index is 0.0707. The molecule has 154 valence electrons. The van der Waals surface area contributed by atoms with Crippen LogP contribution in [0.3, 0.4) is 0 Å². The van der Waals surface area contributed by atoms with E-state index in [1.165, 1.54) is 7.11 Å². The van der Waals surface area contributed by atoms with Crippen molar-refractivity contribution in [2.24, 2.45) is 0 Å². The van der Waals surface area contributed by atoms with E-state index in [1.54, 1.807) is 29.4 Å². The van der Waals surface area contributed by atoms with Crippen molar-refractivity contribution in [1.29, 1.82) is 0 Å². The maximum Gasteiger partial charge on any atom is 0.228 e. The van der Waals surface area contributed by atoms with E-state index in [9.17, 15) is 8.42 Å². The molecule has 2 heterocycles. The molecular formula is C20H25N5O3S. The molecule has 0 fully saturated rings. The highest BCUT2D eigenvalue weighted by atomic mass is 32.2. The molecule has 29 heavy (non-hydrogen) atoms. The normalized spacial score (nSPS) is 11.8. The zero-order chi connectivity index (χ0) is 20.7. The van der Waals surface area contributed by atoms with Crippen LogP contribution in [0.1, 0.15) is 17.0 Å². The molecule has 0 unspecified atom stereocenters. The third-order valence-electron chi connectivity index (χ3n) is 4.40. The third kappa shape index (κ3) is 5.69. The Morgan fingerprint density at radius 1 is 1.07 bits per heavy atom. The monoisotopic (exact) mass is 415 g/mol. The minimum atomic E-state index is -3.56. The summed E-state index contributed by atoms with van der Waals surface area (Å²) in [4.78, 5) is 14.7. The van der Waals surface area contributed by atoms with Gasteiger partial charge < -0.3 is 9.30 Å². The van der Waals surface area contributed by atoms with Gasteiger partial charge in [0, 0.05) is 38.8 Å². The van der Waals surface area contributed by atoms with Crippen LogP contribution in [0.15, 0.2) is 60.3 Å². The van der Waals surface area contributed by atoms with Gasteiger partial charge in [0.2, 0.25) is 15.0 Å². The Hall–Kier alpha value is -2.62. The molecule has 2 aromatic heterocycles. The summed E-state index contributed by atoms with van der Waals surface area (Å²) in [5.74, 6) is -0.107. The first-order valence-corrected chi connectivity index (χ1v) is 10.9. The van der Waals surface area contributed by atoms with Crippen molar-refractivity contribution in [1.82, 2.24) is 24.4 Å². The lowest BCUT2D eigenvalue weighted by Crippen LogP contribution is -2.22. The fourth-order valence-electron chi connectivity index (χ4n) is 3.01. The molecule has 0 radical (unpaired) electrons. The van der Waals surface area contributed by atoms with Gasteiger partial charge in [-0.05, 0) is 12.6 Å². The summed E-state index contributed by atoms with van der Waals surface area (Å²) in [5.41, 5.74) is 2.67. The number of rotatable bonds is 10. The van der Waals surface area contributed by atoms with E-state index in [1.807, 2.05) is 42.3 Å². The van der Waals surface area contributed by atoms with Gasteiger partial charge in [-0.2, -0.15) is 0 Å². The number of benzene rings is 1. The van der Waals surface area contributed by atoms with Crippen molar-refractivity contribution in [3.8, 4) is 0 Å². The van der Waals surface area contributed by atoms with Crippen LogP contribution in [0.2, 0.25) is 0 Å². The lowest BCUT2D eigenvalue weighted by molar-refractivity contribution is 0.217. The van der Waals surface area contributed by atoms with Crippen molar-refractivity contribution >= 4 is 9.84 Å². The van der Waals surface area contributed by atoms with Gasteiger partial charge in [0.05, 0.1) is 36.5 Å². The van der Waals surface area contributed by atoms with Gasteiger partial charge >= 0.3 is 0 Å². The number of nitrogens with zero attached hydrogens (tertiary/aromatic N) is 5. The molecule has 0 saturated carbocycles. The number of hydrogen-bond donors (Lipinski definition) is 0. The van der Waals surface area contributed by atoms with Crippen LogP contribution in [0, 0.1) is 0 Å². The topological polar surface area (TPSA) is 90.2 Å². The summed E-state index contributed by atoms with van der Waals surface area (Å²) in [5, 5.41) is 0.0707. The Morgan fingerprint density at radius 3 is 2.55 bits per heavy atom. The van der Waals surface area contributed by atoms with E-state index >= 15 is 0 Å². The van der Waals surface area contributed by atoms with Gasteiger partial charge in [-0.25, -0.2) is 13.4 Å². The fourth-order valence-corrected chi connectivity index (χ4v) is 4.31. The standard InChI is InChI=1S/C20H25N5O3S/c1-24(15-18-12-21-8-9-22-18)16-19-13-23-20(29(26,27)11-10-28-2)25(19)14-17-6-4-3-5-7-17/h3-9,12-13H,10-11,14-16H2,1-2H3. The molecule has 0 N–H and O–H groups in total. The van der Waals surface area contributed by atoms with Crippen LogP contribution in [0.4, 0.5) is 0 Å². The molecule has 1 aromatic carbocycles. The largest absolute Gasteiger partial charge is 0.384 e. The molecule has 0 atom stereocenters. The number of imidazole rings is 1. The highest BCUT2D eigenvalue weighted by Gasteiger charge is 2.24. The van der Waals surface area contributed by atoms with Gasteiger partial charge in [0.15, 0.2) is 0 Å². The molecule has 9 heteroatoms. The van der Waals surface area contributed by atoms with Crippen molar-refractivity contribution in [2.75, 3.05) is 26.5 Å². The zero-order valence-electron chi connectivity index (χ0n) is 16.6. The lowest BCUT2D eigenvalue weighted by Gasteiger charge is -2.18. The smallest absolute Gasteiger partial charge is 0.228 e. The number of aromatic nitrogens is 4. The summed E-state index contributed by atoms with van der Waals surface area (Å²) in [6, 6.07) is 9.75. The number of hydrogen-bond acceptors (Lipinski definition) is 7. The molecule has 0 aliphatic carbocycles. The van der Waals surface area contributed by atoms with E-state index in [2.05, 4.69) is 15.0 Å². The molecule has 0 spiro atoms. The maximum atomic E-state index is 12.8. The van der Waals surface area contributed by atoms with Gasteiger partial charge in [-0.3, -0.25) is 14.9 Å². The van der Waals surface area contributed by atoms with Crippen LogP contribution >= 0.6 is 0 Å². The first-order valence-electron chi connectivity index (χ1n) is 9.23. The van der Waals surface area contributed by atoms with Crippen LogP contribution in [0.25, 0.3) is 0 Å². The van der Waals surface area contributed by atoms with Crippen molar-refractivity contribution in [2.45, 2.75) is 24.8 Å². The maximum absolute atomic E-state index is 12.8. The Morgan fingerprint density at radius 2 is 1.86 bits per heavy atom. The predicted octanol–water partition coefficient (Wildman–Crippen LogP) is 1.77. The molecule has 3 rings (SSSR count). The second kappa shape index (κ2) is 9.73. The Bertz CT molecular complexity index is 1010. The van der Waals surface area contributed by atoms with Crippen molar-refractivity contribution in [3.63, 3.8) is 0 Å². The van der Waals surface area contributed by atoms with Crippen molar-refractivity contribution < 1.29 is 13.2 Å². The Kier molecular flexibility index (Phi) is 7.08. The summed E-state index contributed by atoms with van der Waals surface area (Å²) >= 11 is 0. The average molecular weight is 416 g/mol. The molecule has 0 amide bonds. The van der Waals surface area contributed by atoms with E-state index in [0.717, 1.165) is 17.0 Å². The Labute approximate surface area is 171 Å². The fraction of sp³-hybridized carbons (Fsp3) is 0.350. The van der Waals surface area contributed by atoms with E-state index in [-0.39, 0.29) is 17.5 Å². The molecule has 0 aliphatic heterocycles. The second-order valence-electron chi connectivity index (χ2n) is 6.78. The molecule has 8 nitrogen and oxygen atoms in total. The quantitative estimate of drug-likeness (QED) is 0.498. The molecule has 0 saturated heterocycles. The van der Waals surface area contributed by atoms with E-state index < -0.39 is 9.84 Å². The average Bonchev–Trinajstić information content (AvgIpc) is 3.11. The summed E-state index contributed by atoms with van der Waals surface area (Å²) in [6.07, 6.45) is 6.65. The third-order valence-corrected chi connectivity index (χ3v) is 5.99. The lowest BCUT2D eigenvalue weighted by atomic mass is 10.2. The first-order chi connectivity index (χ1) is 14.0. The van der Waals surface area contributed by atoms with Gasteiger partial charge in [-0.15, -0.1) is 0 Å². The number of sulfone groups is 1. The summed E-state index contributed by atoms with van der Waals surface area (Å²) in [7, 11) is -0.124. The zero-order valence-corrected chi connectivity index (χ0v) is 17.4. The molecular weight excluding hydrogens is 390 g/mol. The predicted molar refractivity (Wildman–Crippen MR) is 109 cm³/mol. The van der Waals surface area contributed by atoms with Crippen LogP contribution in [-0.2, 0) is 34.2 Å². The van der Waals surface area contributed by atoms with Gasteiger partial charge in [0.1, 0.15) is 0 Å². The van der Waals surface area contributed by atoms with E-state index in [0.29, 0.717) is 19.6 Å². The summed E-state index contributed by atoms with van der Waals surface area (Å²) < 4.78 is 32.3. The van der Waals surface area contributed by atoms with E-state index in [4.69, 9.17) is 4.74 Å². The molecule has 0 aliphatic rings. The minimum Gasteiger partial charge on any atom is -0.384 e. The van der Waals surface area contributed by atoms with Crippen LogP contribution in [-0.4, -0.2) is 59.4 Å². The van der Waals surface area contributed by atoms with Crippen LogP contribution < -0.4 is 0 Å². The van der Waals surface area contributed by atoms with Crippen LogP contribution in [0.5, 0.6) is 0 Å². The molecule has 3 aromatic rings. The first kappa shape index (κ1) is 21.1.